The van der Waals surface area contributed by atoms with Crippen LogP contribution in [0.2, 0.25) is 0 Å². The van der Waals surface area contributed by atoms with Crippen LogP contribution >= 0.6 is 0 Å². The Kier molecular flexibility index (Phi) is 5.99. The molecule has 24 heavy (non-hydrogen) atoms. The van der Waals surface area contributed by atoms with Crippen LogP contribution in [0.25, 0.3) is 0 Å². The summed E-state index contributed by atoms with van der Waals surface area (Å²) in [6.45, 7) is 5.42. The third-order valence-corrected chi connectivity index (χ3v) is 3.68. The molecule has 0 spiro atoms. The maximum atomic E-state index is 11.9. The summed E-state index contributed by atoms with van der Waals surface area (Å²) in [4.78, 5) is 11.9. The van der Waals surface area contributed by atoms with E-state index in [2.05, 4.69) is 0 Å². The number of hydrogen-bond acceptors (Lipinski definition) is 4. The van der Waals surface area contributed by atoms with E-state index in [4.69, 9.17) is 9.47 Å². The smallest absolute Gasteiger partial charge is 0.349 e. The fraction of sp³-hybridized carbons (Fsp3) is 0.350. The molecule has 4 heteroatoms. The van der Waals surface area contributed by atoms with E-state index in [1.165, 1.54) is 0 Å². The SMILES string of the molecule is CCOC(=O)C(C)(C)Oc1ccc(C(O)Cc2ccccc2)cc1. The molecule has 2 aromatic rings. The molecule has 128 valence electrons. The van der Waals surface area contributed by atoms with Crippen molar-refractivity contribution in [3.8, 4) is 5.75 Å². The van der Waals surface area contributed by atoms with E-state index in [0.717, 1.165) is 11.1 Å². The van der Waals surface area contributed by atoms with Crippen molar-refractivity contribution in [2.45, 2.75) is 38.9 Å². The fourth-order valence-electron chi connectivity index (χ4n) is 2.35. The topological polar surface area (TPSA) is 55.8 Å². The van der Waals surface area contributed by atoms with Gasteiger partial charge in [-0.2, -0.15) is 0 Å². The van der Waals surface area contributed by atoms with Gasteiger partial charge < -0.3 is 14.6 Å². The molecule has 0 heterocycles. The lowest BCUT2D eigenvalue weighted by molar-refractivity contribution is -0.158. The van der Waals surface area contributed by atoms with E-state index in [9.17, 15) is 9.90 Å². The van der Waals surface area contributed by atoms with Gasteiger partial charge in [-0.05, 0) is 44.0 Å². The largest absolute Gasteiger partial charge is 0.476 e. The summed E-state index contributed by atoms with van der Waals surface area (Å²) in [6, 6.07) is 17.0. The Bertz CT molecular complexity index is 647. The number of esters is 1. The van der Waals surface area contributed by atoms with Gasteiger partial charge >= 0.3 is 5.97 Å². The predicted molar refractivity (Wildman–Crippen MR) is 92.9 cm³/mol. The number of ether oxygens (including phenoxy) is 2. The van der Waals surface area contributed by atoms with Crippen molar-refractivity contribution in [3.05, 3.63) is 65.7 Å². The maximum Gasteiger partial charge on any atom is 0.349 e. The fourth-order valence-corrected chi connectivity index (χ4v) is 2.35. The van der Waals surface area contributed by atoms with Crippen molar-refractivity contribution in [1.29, 1.82) is 0 Å². The predicted octanol–water partition coefficient (Wildman–Crippen LogP) is 3.68. The minimum absolute atomic E-state index is 0.316. The molecular formula is C20H24O4. The van der Waals surface area contributed by atoms with E-state index in [-0.39, 0.29) is 0 Å². The van der Waals surface area contributed by atoms with Gasteiger partial charge in [-0.15, -0.1) is 0 Å². The highest BCUT2D eigenvalue weighted by Gasteiger charge is 2.31. The Hall–Kier alpha value is -2.33. The zero-order valence-electron chi connectivity index (χ0n) is 14.4. The van der Waals surface area contributed by atoms with Crippen LogP contribution in [0.1, 0.15) is 38.0 Å². The summed E-state index contributed by atoms with van der Waals surface area (Å²) in [5.74, 6) is 0.155. The molecule has 0 aliphatic heterocycles. The molecule has 1 atom stereocenters. The second kappa shape index (κ2) is 7.97. The minimum atomic E-state index is -1.06. The molecule has 0 aromatic heterocycles. The lowest BCUT2D eigenvalue weighted by Crippen LogP contribution is -2.39. The quantitative estimate of drug-likeness (QED) is 0.788. The summed E-state index contributed by atoms with van der Waals surface area (Å²) in [5.41, 5.74) is 0.828. The third kappa shape index (κ3) is 4.83. The number of aliphatic hydroxyl groups is 1. The standard InChI is InChI=1S/C20H24O4/c1-4-23-19(22)20(2,3)24-17-12-10-16(11-13-17)18(21)14-15-8-6-5-7-9-15/h5-13,18,21H,4,14H2,1-3H3. The molecule has 0 saturated heterocycles. The lowest BCUT2D eigenvalue weighted by atomic mass is 10.0. The summed E-state index contributed by atoms with van der Waals surface area (Å²) in [5, 5.41) is 10.3. The average molecular weight is 328 g/mol. The van der Waals surface area contributed by atoms with Gasteiger partial charge in [-0.3, -0.25) is 0 Å². The molecule has 0 amide bonds. The van der Waals surface area contributed by atoms with E-state index in [1.807, 2.05) is 42.5 Å². The molecule has 0 fully saturated rings. The number of hydrogen-bond donors (Lipinski definition) is 1. The van der Waals surface area contributed by atoms with E-state index in [0.29, 0.717) is 18.8 Å². The third-order valence-electron chi connectivity index (χ3n) is 3.68. The number of rotatable bonds is 7. The molecule has 0 saturated carbocycles. The van der Waals surface area contributed by atoms with Crippen LogP contribution in [-0.2, 0) is 16.0 Å². The average Bonchev–Trinajstić information content (AvgIpc) is 2.56. The first-order chi connectivity index (χ1) is 11.4. The molecule has 0 bridgehead atoms. The molecule has 0 radical (unpaired) electrons. The van der Waals surface area contributed by atoms with Crippen LogP contribution < -0.4 is 4.74 Å². The molecule has 0 aliphatic carbocycles. The highest BCUT2D eigenvalue weighted by molar-refractivity contribution is 5.79. The molecule has 2 aromatic carbocycles. The number of carbonyl (C=O) groups is 1. The van der Waals surface area contributed by atoms with Crippen molar-refractivity contribution >= 4 is 5.97 Å². The zero-order valence-corrected chi connectivity index (χ0v) is 14.4. The first kappa shape index (κ1) is 18.0. The van der Waals surface area contributed by atoms with Crippen LogP contribution in [0, 0.1) is 0 Å². The molecule has 4 nitrogen and oxygen atoms in total. The molecule has 1 unspecified atom stereocenters. The highest BCUT2D eigenvalue weighted by Crippen LogP contribution is 2.24. The van der Waals surface area contributed by atoms with Gasteiger partial charge in [-0.1, -0.05) is 42.5 Å². The summed E-state index contributed by atoms with van der Waals surface area (Å²) >= 11 is 0. The number of aliphatic hydroxyl groups excluding tert-OH is 1. The summed E-state index contributed by atoms with van der Waals surface area (Å²) < 4.78 is 10.7. The van der Waals surface area contributed by atoms with Gasteiger partial charge in [0.15, 0.2) is 5.60 Å². The Morgan fingerprint density at radius 3 is 2.29 bits per heavy atom. The van der Waals surface area contributed by atoms with Crippen molar-refractivity contribution in [3.63, 3.8) is 0 Å². The van der Waals surface area contributed by atoms with Gasteiger partial charge in [0, 0.05) is 6.42 Å². The first-order valence-corrected chi connectivity index (χ1v) is 8.10. The van der Waals surface area contributed by atoms with Crippen LogP contribution in [0.15, 0.2) is 54.6 Å². The highest BCUT2D eigenvalue weighted by atomic mass is 16.6. The van der Waals surface area contributed by atoms with Gasteiger partial charge in [0.05, 0.1) is 12.7 Å². The van der Waals surface area contributed by atoms with Gasteiger partial charge in [0.25, 0.3) is 0 Å². The van der Waals surface area contributed by atoms with E-state index >= 15 is 0 Å². The molecule has 2 rings (SSSR count). The van der Waals surface area contributed by atoms with E-state index < -0.39 is 17.7 Å². The van der Waals surface area contributed by atoms with Gasteiger partial charge in [0.1, 0.15) is 5.75 Å². The van der Waals surface area contributed by atoms with E-state index in [1.54, 1.807) is 32.9 Å². The molecule has 1 N–H and O–H groups in total. The Balaban J connectivity index is 2.01. The summed E-state index contributed by atoms with van der Waals surface area (Å²) in [6.07, 6.45) is -0.0328. The summed E-state index contributed by atoms with van der Waals surface area (Å²) in [7, 11) is 0. The zero-order chi connectivity index (χ0) is 17.6. The number of carbonyl (C=O) groups excluding carboxylic acids is 1. The maximum absolute atomic E-state index is 11.9. The van der Waals surface area contributed by atoms with Gasteiger partial charge in [0.2, 0.25) is 0 Å². The van der Waals surface area contributed by atoms with Crippen LogP contribution in [0.3, 0.4) is 0 Å². The van der Waals surface area contributed by atoms with Crippen LogP contribution in [0.5, 0.6) is 5.75 Å². The van der Waals surface area contributed by atoms with Gasteiger partial charge in [-0.25, -0.2) is 4.79 Å². The Morgan fingerprint density at radius 2 is 1.71 bits per heavy atom. The minimum Gasteiger partial charge on any atom is -0.476 e. The monoisotopic (exact) mass is 328 g/mol. The van der Waals surface area contributed by atoms with Crippen molar-refractivity contribution in [1.82, 2.24) is 0 Å². The molecular weight excluding hydrogens is 304 g/mol. The Labute approximate surface area is 143 Å². The first-order valence-electron chi connectivity index (χ1n) is 8.10. The second-order valence-corrected chi connectivity index (χ2v) is 6.11. The van der Waals surface area contributed by atoms with Crippen LogP contribution in [0.4, 0.5) is 0 Å². The number of benzene rings is 2. The van der Waals surface area contributed by atoms with Crippen LogP contribution in [-0.4, -0.2) is 23.3 Å². The lowest BCUT2D eigenvalue weighted by Gasteiger charge is -2.24. The van der Waals surface area contributed by atoms with Crippen molar-refractivity contribution in [2.75, 3.05) is 6.61 Å². The van der Waals surface area contributed by atoms with Crippen molar-refractivity contribution < 1.29 is 19.4 Å². The molecule has 0 aliphatic rings. The normalized spacial score (nSPS) is 12.5. The van der Waals surface area contributed by atoms with Crippen molar-refractivity contribution in [2.24, 2.45) is 0 Å². The second-order valence-electron chi connectivity index (χ2n) is 6.11. The Morgan fingerprint density at radius 1 is 1.08 bits per heavy atom.